The quantitative estimate of drug-likeness (QED) is 0.673. The van der Waals surface area contributed by atoms with Crippen molar-refractivity contribution >= 4 is 27.6 Å². The van der Waals surface area contributed by atoms with Gasteiger partial charge in [-0.15, -0.1) is 0 Å². The van der Waals surface area contributed by atoms with Crippen LogP contribution in [0.4, 0.5) is 5.69 Å². The number of esters is 1. The summed E-state index contributed by atoms with van der Waals surface area (Å²) in [5.74, 6) is -0.827. The minimum absolute atomic E-state index is 0.000581. The van der Waals surface area contributed by atoms with Gasteiger partial charge < -0.3 is 9.64 Å². The zero-order chi connectivity index (χ0) is 21.2. The highest BCUT2D eigenvalue weighted by Gasteiger charge is 2.29. The Kier molecular flexibility index (Phi) is 6.75. The summed E-state index contributed by atoms with van der Waals surface area (Å²) < 4.78 is 30.7. The van der Waals surface area contributed by atoms with Crippen molar-refractivity contribution in [2.75, 3.05) is 17.1 Å². The molecule has 0 saturated heterocycles. The van der Waals surface area contributed by atoms with Gasteiger partial charge in [-0.05, 0) is 71.2 Å². The largest absolute Gasteiger partial charge is 0.449 e. The number of sulfonamides is 1. The summed E-state index contributed by atoms with van der Waals surface area (Å²) in [5, 5.41) is 0. The summed E-state index contributed by atoms with van der Waals surface area (Å²) >= 11 is 0. The smallest absolute Gasteiger partial charge is 0.338 e. The van der Waals surface area contributed by atoms with Crippen LogP contribution in [0.5, 0.6) is 0 Å². The van der Waals surface area contributed by atoms with Crippen LogP contribution in [0.1, 0.15) is 57.0 Å². The third-order valence-electron chi connectivity index (χ3n) is 4.79. The summed E-state index contributed by atoms with van der Waals surface area (Å²) in [5.41, 5.74) is 1.70. The molecule has 0 radical (unpaired) electrons. The molecule has 7 nitrogen and oxygen atoms in total. The molecule has 0 aromatic heterocycles. The summed E-state index contributed by atoms with van der Waals surface area (Å²) in [4.78, 5) is 26.9. The number of carbonyl (C=O) groups excluding carboxylic acids is 2. The van der Waals surface area contributed by atoms with E-state index in [2.05, 4.69) is 0 Å². The molecule has 0 saturated carbocycles. The average Bonchev–Trinajstić information content (AvgIpc) is 2.59. The lowest BCUT2D eigenvalue weighted by Crippen LogP contribution is -2.47. The summed E-state index contributed by atoms with van der Waals surface area (Å²) in [7, 11) is -3.36. The van der Waals surface area contributed by atoms with E-state index >= 15 is 0 Å². The molecule has 1 atom stereocenters. The number of amides is 1. The molecule has 1 aliphatic rings. The lowest BCUT2D eigenvalue weighted by atomic mass is 10.0. The maximum absolute atomic E-state index is 12.7. The molecule has 2 rings (SSSR count). The maximum Gasteiger partial charge on any atom is 0.338 e. The number of hydrogen-bond donors (Lipinski definition) is 0. The van der Waals surface area contributed by atoms with Gasteiger partial charge in [0.15, 0.2) is 6.10 Å². The molecule has 0 bridgehead atoms. The van der Waals surface area contributed by atoms with Crippen molar-refractivity contribution in [1.82, 2.24) is 4.90 Å². The van der Waals surface area contributed by atoms with E-state index in [-0.39, 0.29) is 18.0 Å². The van der Waals surface area contributed by atoms with Crippen molar-refractivity contribution in [3.63, 3.8) is 0 Å². The fraction of sp³-hybridized carbons (Fsp3) is 0.600. The monoisotopic (exact) mass is 410 g/mol. The molecule has 1 aliphatic heterocycles. The number of fused-ring (bicyclic) bond motifs is 1. The number of aryl methyl sites for hydroxylation is 1. The first kappa shape index (κ1) is 22.2. The predicted molar refractivity (Wildman–Crippen MR) is 109 cm³/mol. The molecule has 0 fully saturated rings. The standard InChI is InChI=1S/C20H30N2O5S/c1-13(2)22(14(3)4)19(23)15(5)27-20(24)17-9-10-18-16(12-17)8-7-11-21(18)28(6,25)26/h9-10,12-15H,7-8,11H2,1-6H3/t15-/m0/s1. The van der Waals surface area contributed by atoms with Crippen molar-refractivity contribution in [2.45, 2.75) is 65.6 Å². The lowest BCUT2D eigenvalue weighted by Gasteiger charge is -2.32. The molecule has 156 valence electrons. The fourth-order valence-corrected chi connectivity index (χ4v) is 4.62. The van der Waals surface area contributed by atoms with E-state index < -0.39 is 22.1 Å². The van der Waals surface area contributed by atoms with E-state index in [0.29, 0.717) is 30.6 Å². The zero-order valence-corrected chi connectivity index (χ0v) is 18.2. The van der Waals surface area contributed by atoms with Crippen LogP contribution in [0.15, 0.2) is 18.2 Å². The van der Waals surface area contributed by atoms with Crippen molar-refractivity contribution < 1.29 is 22.7 Å². The summed E-state index contributed by atoms with van der Waals surface area (Å²) in [6, 6.07) is 4.84. The number of ether oxygens (including phenoxy) is 1. The second-order valence-electron chi connectivity index (χ2n) is 7.76. The van der Waals surface area contributed by atoms with Gasteiger partial charge in [0.2, 0.25) is 10.0 Å². The average molecular weight is 411 g/mol. The third kappa shape index (κ3) is 4.84. The van der Waals surface area contributed by atoms with Crippen molar-refractivity contribution in [2.24, 2.45) is 0 Å². The van der Waals surface area contributed by atoms with Crippen LogP contribution < -0.4 is 4.31 Å². The highest BCUT2D eigenvalue weighted by molar-refractivity contribution is 7.92. The molecule has 1 aromatic carbocycles. The van der Waals surface area contributed by atoms with Gasteiger partial charge in [-0.2, -0.15) is 0 Å². The normalized spacial score (nSPS) is 15.4. The summed E-state index contributed by atoms with van der Waals surface area (Å²) in [6.45, 7) is 9.68. The Balaban J connectivity index is 2.18. The molecule has 0 spiro atoms. The SMILES string of the molecule is CC(C)N(C(=O)[C@H](C)OC(=O)c1ccc2c(c1)CCCN2S(C)(=O)=O)C(C)C. The van der Waals surface area contributed by atoms with Gasteiger partial charge in [0.1, 0.15) is 0 Å². The van der Waals surface area contributed by atoms with Gasteiger partial charge in [0.25, 0.3) is 5.91 Å². The van der Waals surface area contributed by atoms with Crippen LogP contribution in [0, 0.1) is 0 Å². The molecule has 0 N–H and O–H groups in total. The van der Waals surface area contributed by atoms with E-state index in [9.17, 15) is 18.0 Å². The number of rotatable bonds is 6. The van der Waals surface area contributed by atoms with E-state index in [0.717, 1.165) is 5.56 Å². The van der Waals surface area contributed by atoms with Gasteiger partial charge in [-0.3, -0.25) is 9.10 Å². The van der Waals surface area contributed by atoms with E-state index in [1.807, 2.05) is 27.7 Å². The van der Waals surface area contributed by atoms with Crippen LogP contribution in [-0.4, -0.2) is 56.2 Å². The van der Waals surface area contributed by atoms with Crippen LogP contribution in [-0.2, 0) is 26.0 Å². The second kappa shape index (κ2) is 8.51. The van der Waals surface area contributed by atoms with Gasteiger partial charge in [0, 0.05) is 18.6 Å². The number of nitrogens with zero attached hydrogens (tertiary/aromatic N) is 2. The Morgan fingerprint density at radius 1 is 1.11 bits per heavy atom. The van der Waals surface area contributed by atoms with E-state index in [4.69, 9.17) is 4.74 Å². The van der Waals surface area contributed by atoms with Crippen LogP contribution in [0.2, 0.25) is 0 Å². The molecule has 1 aromatic rings. The summed E-state index contributed by atoms with van der Waals surface area (Å²) in [6.07, 6.45) is 1.64. The minimum Gasteiger partial charge on any atom is -0.449 e. The van der Waals surface area contributed by atoms with E-state index in [1.54, 1.807) is 30.0 Å². The number of carbonyl (C=O) groups is 2. The molecular weight excluding hydrogens is 380 g/mol. The first-order valence-corrected chi connectivity index (χ1v) is 11.4. The molecular formula is C20H30N2O5S. The van der Waals surface area contributed by atoms with Gasteiger partial charge in [-0.1, -0.05) is 0 Å². The van der Waals surface area contributed by atoms with Gasteiger partial charge >= 0.3 is 5.97 Å². The molecule has 0 unspecified atom stereocenters. The highest BCUT2D eigenvalue weighted by Crippen LogP contribution is 2.30. The Labute approximate surface area is 167 Å². The van der Waals surface area contributed by atoms with Crippen LogP contribution >= 0.6 is 0 Å². The van der Waals surface area contributed by atoms with Gasteiger partial charge in [-0.25, -0.2) is 13.2 Å². The molecule has 8 heteroatoms. The Morgan fingerprint density at radius 2 is 1.71 bits per heavy atom. The van der Waals surface area contributed by atoms with Crippen molar-refractivity contribution in [1.29, 1.82) is 0 Å². The third-order valence-corrected chi connectivity index (χ3v) is 5.97. The zero-order valence-electron chi connectivity index (χ0n) is 17.4. The number of benzene rings is 1. The molecule has 1 heterocycles. The Bertz CT molecular complexity index is 840. The number of anilines is 1. The van der Waals surface area contributed by atoms with Crippen molar-refractivity contribution in [3.05, 3.63) is 29.3 Å². The Morgan fingerprint density at radius 3 is 2.25 bits per heavy atom. The second-order valence-corrected chi connectivity index (χ2v) is 9.67. The van der Waals surface area contributed by atoms with Crippen LogP contribution in [0.3, 0.4) is 0 Å². The maximum atomic E-state index is 12.7. The number of hydrogen-bond acceptors (Lipinski definition) is 5. The minimum atomic E-state index is -3.36. The Hall–Kier alpha value is -2.09. The fourth-order valence-electron chi connectivity index (χ4n) is 3.63. The topological polar surface area (TPSA) is 84.0 Å². The lowest BCUT2D eigenvalue weighted by molar-refractivity contribution is -0.143. The molecule has 28 heavy (non-hydrogen) atoms. The first-order chi connectivity index (χ1) is 12.9. The van der Waals surface area contributed by atoms with E-state index in [1.165, 1.54) is 10.6 Å². The van der Waals surface area contributed by atoms with Crippen LogP contribution in [0.25, 0.3) is 0 Å². The predicted octanol–water partition coefficient (Wildman–Crippen LogP) is 2.59. The molecule has 0 aliphatic carbocycles. The van der Waals surface area contributed by atoms with Crippen molar-refractivity contribution in [3.8, 4) is 0 Å². The van der Waals surface area contributed by atoms with Gasteiger partial charge in [0.05, 0.1) is 17.5 Å². The molecule has 1 amide bonds. The highest BCUT2D eigenvalue weighted by atomic mass is 32.2. The first-order valence-electron chi connectivity index (χ1n) is 9.57.